The van der Waals surface area contributed by atoms with Crippen LogP contribution < -0.4 is 5.32 Å². The van der Waals surface area contributed by atoms with E-state index in [-0.39, 0.29) is 17.7 Å². The summed E-state index contributed by atoms with van der Waals surface area (Å²) in [5, 5.41) is 3.64. The summed E-state index contributed by atoms with van der Waals surface area (Å²) in [5.74, 6) is 0.267. The molecule has 3 aliphatic rings. The third-order valence-electron chi connectivity index (χ3n) is 6.36. The molecule has 0 radical (unpaired) electrons. The normalized spacial score (nSPS) is 28.1. The molecule has 3 heterocycles. The molecule has 27 heavy (non-hydrogen) atoms. The molecule has 5 heteroatoms. The average Bonchev–Trinajstić information content (AvgIpc) is 2.98. The number of hydrogen-bond donors (Lipinski definition) is 1. The Kier molecular flexibility index (Phi) is 5.22. The van der Waals surface area contributed by atoms with E-state index in [9.17, 15) is 9.59 Å². The molecule has 5 nitrogen and oxygen atoms in total. The highest BCUT2D eigenvalue weighted by atomic mass is 16.2. The summed E-state index contributed by atoms with van der Waals surface area (Å²) in [6.45, 7) is 7.04. The van der Waals surface area contributed by atoms with E-state index in [2.05, 4.69) is 16.3 Å². The third kappa shape index (κ3) is 4.03. The van der Waals surface area contributed by atoms with E-state index in [1.54, 1.807) is 0 Å². The van der Waals surface area contributed by atoms with E-state index in [1.165, 1.54) is 12.8 Å². The van der Waals surface area contributed by atoms with Crippen LogP contribution in [0.1, 0.15) is 53.6 Å². The van der Waals surface area contributed by atoms with Crippen LogP contribution in [-0.2, 0) is 4.79 Å². The molecule has 4 rings (SSSR count). The maximum Gasteiger partial charge on any atom is 0.253 e. The summed E-state index contributed by atoms with van der Waals surface area (Å²) in [6, 6.07) is 7.04. The summed E-state index contributed by atoms with van der Waals surface area (Å²) < 4.78 is 0. The lowest BCUT2D eigenvalue weighted by Crippen LogP contribution is -2.48. The van der Waals surface area contributed by atoms with Crippen molar-refractivity contribution in [2.24, 2.45) is 5.92 Å². The molecule has 3 unspecified atom stereocenters. The van der Waals surface area contributed by atoms with Crippen molar-refractivity contribution in [2.45, 2.75) is 58.0 Å². The highest BCUT2D eigenvalue weighted by molar-refractivity contribution is 5.95. The first-order valence-electron chi connectivity index (χ1n) is 10.4. The fourth-order valence-electron chi connectivity index (χ4n) is 5.05. The van der Waals surface area contributed by atoms with E-state index in [1.807, 2.05) is 30.9 Å². The molecule has 3 aliphatic heterocycles. The predicted octanol–water partition coefficient (Wildman–Crippen LogP) is 2.51. The zero-order chi connectivity index (χ0) is 19.0. The highest BCUT2D eigenvalue weighted by Crippen LogP contribution is 2.25. The van der Waals surface area contributed by atoms with Gasteiger partial charge >= 0.3 is 0 Å². The molecular formula is C22H31N3O2. The average molecular weight is 370 g/mol. The van der Waals surface area contributed by atoms with Crippen LogP contribution in [0.15, 0.2) is 18.2 Å². The second kappa shape index (κ2) is 7.63. The topological polar surface area (TPSA) is 52.7 Å². The summed E-state index contributed by atoms with van der Waals surface area (Å²) in [4.78, 5) is 30.1. The smallest absolute Gasteiger partial charge is 0.253 e. The van der Waals surface area contributed by atoms with Crippen LogP contribution in [0.3, 0.4) is 0 Å². The van der Waals surface area contributed by atoms with Crippen molar-refractivity contribution in [3.8, 4) is 0 Å². The first-order valence-corrected chi connectivity index (χ1v) is 10.4. The Morgan fingerprint density at radius 3 is 2.41 bits per heavy atom. The molecule has 3 atom stereocenters. The Morgan fingerprint density at radius 2 is 1.63 bits per heavy atom. The Hall–Kier alpha value is -1.88. The van der Waals surface area contributed by atoms with Crippen LogP contribution >= 0.6 is 0 Å². The van der Waals surface area contributed by atoms with Gasteiger partial charge in [0, 0.05) is 43.8 Å². The lowest BCUT2D eigenvalue weighted by molar-refractivity contribution is -0.137. The fourth-order valence-corrected chi connectivity index (χ4v) is 5.05. The largest absolute Gasteiger partial charge is 0.341 e. The van der Waals surface area contributed by atoms with E-state index in [4.69, 9.17) is 0 Å². The van der Waals surface area contributed by atoms with Crippen molar-refractivity contribution in [3.63, 3.8) is 0 Å². The second-order valence-corrected chi connectivity index (χ2v) is 8.68. The maximum absolute atomic E-state index is 13.2. The number of nitrogens with one attached hydrogen (secondary N) is 1. The Morgan fingerprint density at radius 1 is 0.889 bits per heavy atom. The van der Waals surface area contributed by atoms with Crippen LogP contribution in [0.25, 0.3) is 0 Å². The summed E-state index contributed by atoms with van der Waals surface area (Å²) >= 11 is 0. The van der Waals surface area contributed by atoms with Gasteiger partial charge in [-0.25, -0.2) is 0 Å². The van der Waals surface area contributed by atoms with Crippen LogP contribution in [-0.4, -0.2) is 59.9 Å². The van der Waals surface area contributed by atoms with Gasteiger partial charge in [-0.3, -0.25) is 9.59 Å². The van der Waals surface area contributed by atoms with Gasteiger partial charge in [0.25, 0.3) is 5.91 Å². The van der Waals surface area contributed by atoms with E-state index in [0.29, 0.717) is 18.6 Å². The number of fused-ring (bicyclic) bond motifs is 2. The zero-order valence-corrected chi connectivity index (χ0v) is 16.5. The molecule has 2 bridgehead atoms. The second-order valence-electron chi connectivity index (χ2n) is 8.68. The first kappa shape index (κ1) is 18.5. The standard InChI is InChI=1S/C22H31N3O2/c1-15-10-16(2)12-18(11-15)22(27)24-8-3-4-17(13-24)21(26)25-9-7-19-5-6-20(14-25)23-19/h10-12,17,19-20,23H,3-9,13-14H2,1-2H3. The molecule has 1 N–H and O–H groups in total. The minimum absolute atomic E-state index is 0.0507. The van der Waals surface area contributed by atoms with Gasteiger partial charge in [0.1, 0.15) is 0 Å². The third-order valence-corrected chi connectivity index (χ3v) is 6.36. The maximum atomic E-state index is 13.2. The van der Waals surface area contributed by atoms with Crippen LogP contribution in [0.2, 0.25) is 0 Å². The van der Waals surface area contributed by atoms with Gasteiger partial charge in [-0.2, -0.15) is 0 Å². The van der Waals surface area contributed by atoms with Crippen molar-refractivity contribution in [1.29, 1.82) is 0 Å². The number of likely N-dealkylation sites (tertiary alicyclic amines) is 2. The molecule has 3 saturated heterocycles. The molecule has 3 fully saturated rings. The van der Waals surface area contributed by atoms with Crippen molar-refractivity contribution in [3.05, 3.63) is 34.9 Å². The number of carbonyl (C=O) groups is 2. The minimum atomic E-state index is -0.0507. The van der Waals surface area contributed by atoms with Gasteiger partial charge in [-0.05, 0) is 58.1 Å². The number of nitrogens with zero attached hydrogens (tertiary/aromatic N) is 2. The molecule has 1 aromatic rings. The molecule has 2 amide bonds. The number of carbonyl (C=O) groups excluding carboxylic acids is 2. The Bertz CT molecular complexity index is 712. The van der Waals surface area contributed by atoms with E-state index in [0.717, 1.165) is 55.6 Å². The molecule has 146 valence electrons. The molecule has 0 aliphatic carbocycles. The molecule has 0 aromatic heterocycles. The van der Waals surface area contributed by atoms with Crippen LogP contribution in [0, 0.1) is 19.8 Å². The number of rotatable bonds is 2. The lowest BCUT2D eigenvalue weighted by Gasteiger charge is -2.35. The first-order chi connectivity index (χ1) is 13.0. The number of piperidine rings is 1. The van der Waals surface area contributed by atoms with E-state index < -0.39 is 0 Å². The lowest BCUT2D eigenvalue weighted by atomic mass is 9.94. The number of amides is 2. The summed E-state index contributed by atoms with van der Waals surface area (Å²) in [7, 11) is 0. The van der Waals surface area contributed by atoms with Crippen LogP contribution in [0.5, 0.6) is 0 Å². The Labute approximate surface area is 162 Å². The van der Waals surface area contributed by atoms with Crippen molar-refractivity contribution >= 4 is 11.8 Å². The van der Waals surface area contributed by atoms with E-state index >= 15 is 0 Å². The van der Waals surface area contributed by atoms with Crippen molar-refractivity contribution < 1.29 is 9.59 Å². The fraction of sp³-hybridized carbons (Fsp3) is 0.636. The van der Waals surface area contributed by atoms with Gasteiger partial charge in [-0.1, -0.05) is 17.2 Å². The summed E-state index contributed by atoms with van der Waals surface area (Å²) in [5.41, 5.74) is 2.96. The van der Waals surface area contributed by atoms with Gasteiger partial charge in [0.05, 0.1) is 5.92 Å². The van der Waals surface area contributed by atoms with Gasteiger partial charge in [0.2, 0.25) is 5.91 Å². The number of benzene rings is 1. The molecular weight excluding hydrogens is 338 g/mol. The zero-order valence-electron chi connectivity index (χ0n) is 16.5. The minimum Gasteiger partial charge on any atom is -0.341 e. The van der Waals surface area contributed by atoms with Gasteiger partial charge in [-0.15, -0.1) is 0 Å². The molecule has 0 spiro atoms. The van der Waals surface area contributed by atoms with Gasteiger partial charge < -0.3 is 15.1 Å². The highest BCUT2D eigenvalue weighted by Gasteiger charge is 2.36. The Balaban J connectivity index is 1.42. The number of aryl methyl sites for hydroxylation is 2. The monoisotopic (exact) mass is 369 g/mol. The molecule has 0 saturated carbocycles. The predicted molar refractivity (Wildman–Crippen MR) is 106 cm³/mol. The summed E-state index contributed by atoms with van der Waals surface area (Å²) in [6.07, 6.45) is 5.28. The van der Waals surface area contributed by atoms with Crippen LogP contribution in [0.4, 0.5) is 0 Å². The van der Waals surface area contributed by atoms with Crippen molar-refractivity contribution in [2.75, 3.05) is 26.2 Å². The SMILES string of the molecule is Cc1cc(C)cc(C(=O)N2CCCC(C(=O)N3CCC4CCC(C3)N4)C2)c1. The van der Waals surface area contributed by atoms with Crippen molar-refractivity contribution in [1.82, 2.24) is 15.1 Å². The van der Waals surface area contributed by atoms with Gasteiger partial charge in [0.15, 0.2) is 0 Å². The quantitative estimate of drug-likeness (QED) is 0.871. The molecule has 1 aromatic carbocycles. The number of hydrogen-bond acceptors (Lipinski definition) is 3.